The lowest BCUT2D eigenvalue weighted by Crippen LogP contribution is -2.30. The van der Waals surface area contributed by atoms with E-state index in [1.165, 1.54) is 14.0 Å². The lowest BCUT2D eigenvalue weighted by atomic mass is 10.1. The van der Waals surface area contributed by atoms with Gasteiger partial charge in [0.1, 0.15) is 10.8 Å². The molecule has 0 saturated heterocycles. The second kappa shape index (κ2) is 8.75. The summed E-state index contributed by atoms with van der Waals surface area (Å²) in [6.07, 6.45) is -0.839. The molecule has 0 unspecified atom stereocenters. The number of carbonyl (C=O) groups excluding carboxylic acids is 3. The molecule has 1 N–H and O–H groups in total. The van der Waals surface area contributed by atoms with E-state index in [4.69, 9.17) is 21.1 Å². The second-order valence-corrected chi connectivity index (χ2v) is 7.83. The van der Waals surface area contributed by atoms with Crippen LogP contribution in [0.2, 0.25) is 5.02 Å². The monoisotopic (exact) mass is 423 g/mol. The van der Waals surface area contributed by atoms with Gasteiger partial charge in [-0.05, 0) is 63.4 Å². The second-order valence-electron chi connectivity index (χ2n) is 6.43. The van der Waals surface area contributed by atoms with Crippen molar-refractivity contribution in [1.29, 1.82) is 0 Å². The van der Waals surface area contributed by atoms with Gasteiger partial charge in [0.05, 0.1) is 17.6 Å². The minimum atomic E-state index is -0.839. The first kappa shape index (κ1) is 21.9. The van der Waals surface area contributed by atoms with Crippen molar-refractivity contribution < 1.29 is 23.9 Å². The first-order valence-corrected chi connectivity index (χ1v) is 9.73. The van der Waals surface area contributed by atoms with Crippen LogP contribution >= 0.6 is 22.9 Å². The molecule has 0 aliphatic rings. The van der Waals surface area contributed by atoms with Crippen LogP contribution in [-0.2, 0) is 9.53 Å². The van der Waals surface area contributed by atoms with Gasteiger partial charge in [0, 0.05) is 5.02 Å². The van der Waals surface area contributed by atoms with Gasteiger partial charge >= 0.3 is 5.97 Å². The number of Topliss-reactive ketones (excluding diaryl/α,β-unsaturated/α-hetero) is 1. The molecule has 0 aliphatic heterocycles. The van der Waals surface area contributed by atoms with Gasteiger partial charge in [0.2, 0.25) is 0 Å². The Labute approximate surface area is 172 Å². The fraction of sp³-hybridized carbons (Fsp3) is 0.350. The highest BCUT2D eigenvalue weighted by Gasteiger charge is 2.26. The van der Waals surface area contributed by atoms with Crippen LogP contribution < -0.4 is 10.1 Å². The van der Waals surface area contributed by atoms with Crippen molar-refractivity contribution in [3.63, 3.8) is 0 Å². The van der Waals surface area contributed by atoms with Crippen molar-refractivity contribution in [1.82, 2.24) is 0 Å². The van der Waals surface area contributed by atoms with Crippen LogP contribution in [0, 0.1) is 20.8 Å². The fourth-order valence-electron chi connectivity index (χ4n) is 2.73. The van der Waals surface area contributed by atoms with Crippen LogP contribution in [0.4, 0.5) is 5.00 Å². The van der Waals surface area contributed by atoms with Crippen LogP contribution in [0.1, 0.15) is 50.6 Å². The smallest absolute Gasteiger partial charge is 0.341 e. The molecular formula is C20H22ClNO5S. The third kappa shape index (κ3) is 4.54. The van der Waals surface area contributed by atoms with Crippen molar-refractivity contribution in [2.24, 2.45) is 0 Å². The highest BCUT2D eigenvalue weighted by atomic mass is 35.5. The minimum absolute atomic E-state index is 0.177. The molecule has 6 nitrogen and oxygen atoms in total. The van der Waals surface area contributed by atoms with Gasteiger partial charge in [-0.1, -0.05) is 11.6 Å². The number of benzene rings is 1. The number of carbonyl (C=O) groups is 3. The average Bonchev–Trinajstić information content (AvgIpc) is 2.95. The summed E-state index contributed by atoms with van der Waals surface area (Å²) < 4.78 is 10.5. The summed E-state index contributed by atoms with van der Waals surface area (Å²) in [7, 11) is 1.25. The standard InChI is InChI=1S/C20H22ClNO5S/c1-9-7-14(8-10(2)16(9)21)27-13(5)18(24)22-19-15(20(25)26-6)11(3)17(28-19)12(4)23/h7-8,13H,1-6H3,(H,22,24)/t13-/m1/s1. The van der Waals surface area contributed by atoms with E-state index in [0.717, 1.165) is 22.5 Å². The molecule has 0 radical (unpaired) electrons. The normalized spacial score (nSPS) is 11.7. The van der Waals surface area contributed by atoms with Crippen molar-refractivity contribution in [2.75, 3.05) is 12.4 Å². The van der Waals surface area contributed by atoms with Gasteiger partial charge < -0.3 is 14.8 Å². The number of methoxy groups -OCH3 is 1. The summed E-state index contributed by atoms with van der Waals surface area (Å²) in [5.74, 6) is -0.743. The van der Waals surface area contributed by atoms with E-state index in [-0.39, 0.29) is 16.3 Å². The molecule has 0 saturated carbocycles. The zero-order chi connectivity index (χ0) is 21.2. The topological polar surface area (TPSA) is 81.7 Å². The molecule has 0 fully saturated rings. The van der Waals surface area contributed by atoms with Gasteiger partial charge in [-0.3, -0.25) is 9.59 Å². The van der Waals surface area contributed by atoms with E-state index >= 15 is 0 Å². The molecule has 1 amide bonds. The molecule has 0 bridgehead atoms. The van der Waals surface area contributed by atoms with E-state index in [0.29, 0.717) is 21.2 Å². The van der Waals surface area contributed by atoms with Gasteiger partial charge in [-0.2, -0.15) is 0 Å². The SMILES string of the molecule is COC(=O)c1c(NC(=O)[C@@H](C)Oc2cc(C)c(Cl)c(C)c2)sc(C(C)=O)c1C. The number of hydrogen-bond acceptors (Lipinski definition) is 6. The number of ether oxygens (including phenoxy) is 2. The summed E-state index contributed by atoms with van der Waals surface area (Å²) >= 11 is 7.20. The van der Waals surface area contributed by atoms with Crippen LogP contribution in [0.25, 0.3) is 0 Å². The number of anilines is 1. The van der Waals surface area contributed by atoms with Crippen molar-refractivity contribution in [2.45, 2.75) is 40.7 Å². The Morgan fingerprint density at radius 2 is 1.71 bits per heavy atom. The third-order valence-electron chi connectivity index (χ3n) is 4.18. The summed E-state index contributed by atoms with van der Waals surface area (Å²) in [5, 5.41) is 3.59. The highest BCUT2D eigenvalue weighted by molar-refractivity contribution is 7.18. The maximum atomic E-state index is 12.6. The summed E-state index contributed by atoms with van der Waals surface area (Å²) in [4.78, 5) is 36.9. The van der Waals surface area contributed by atoms with E-state index < -0.39 is 18.0 Å². The molecule has 150 valence electrons. The molecule has 0 aliphatic carbocycles. The van der Waals surface area contributed by atoms with E-state index in [9.17, 15) is 14.4 Å². The summed E-state index contributed by atoms with van der Waals surface area (Å²) in [6, 6.07) is 3.50. The van der Waals surface area contributed by atoms with Gasteiger partial charge in [0.15, 0.2) is 11.9 Å². The largest absolute Gasteiger partial charge is 0.481 e. The zero-order valence-corrected chi connectivity index (χ0v) is 18.1. The Morgan fingerprint density at radius 3 is 2.21 bits per heavy atom. The maximum absolute atomic E-state index is 12.6. The number of nitrogens with one attached hydrogen (secondary N) is 1. The molecule has 2 rings (SSSR count). The molecule has 1 heterocycles. The number of rotatable bonds is 6. The van der Waals surface area contributed by atoms with E-state index in [1.807, 2.05) is 13.8 Å². The number of esters is 1. The maximum Gasteiger partial charge on any atom is 0.341 e. The Morgan fingerprint density at radius 1 is 1.14 bits per heavy atom. The number of thiophene rings is 1. The Kier molecular flexibility index (Phi) is 6.85. The quantitative estimate of drug-likeness (QED) is 0.536. The number of amides is 1. The molecule has 1 aromatic heterocycles. The van der Waals surface area contributed by atoms with Crippen molar-refractivity contribution in [3.8, 4) is 5.75 Å². The number of hydrogen-bond donors (Lipinski definition) is 1. The molecule has 0 spiro atoms. The third-order valence-corrected chi connectivity index (χ3v) is 6.09. The predicted molar refractivity (Wildman–Crippen MR) is 110 cm³/mol. The van der Waals surface area contributed by atoms with Crippen molar-refractivity contribution in [3.05, 3.63) is 44.3 Å². The number of halogens is 1. The number of aryl methyl sites for hydroxylation is 2. The van der Waals surface area contributed by atoms with Crippen LogP contribution in [0.15, 0.2) is 12.1 Å². The Hall–Kier alpha value is -2.38. The van der Waals surface area contributed by atoms with Gasteiger partial charge in [-0.15, -0.1) is 11.3 Å². The summed E-state index contributed by atoms with van der Waals surface area (Å²) in [5.41, 5.74) is 2.35. The first-order chi connectivity index (χ1) is 13.1. The van der Waals surface area contributed by atoms with Crippen LogP contribution in [0.5, 0.6) is 5.75 Å². The van der Waals surface area contributed by atoms with Crippen LogP contribution in [0.3, 0.4) is 0 Å². The zero-order valence-electron chi connectivity index (χ0n) is 16.6. The summed E-state index contributed by atoms with van der Waals surface area (Å²) in [6.45, 7) is 8.36. The lowest BCUT2D eigenvalue weighted by molar-refractivity contribution is -0.122. The van der Waals surface area contributed by atoms with E-state index in [1.54, 1.807) is 26.0 Å². The van der Waals surface area contributed by atoms with Crippen LogP contribution in [-0.4, -0.2) is 30.9 Å². The number of ketones is 1. The molecule has 1 aromatic carbocycles. The molecule has 8 heteroatoms. The van der Waals surface area contributed by atoms with E-state index in [2.05, 4.69) is 5.32 Å². The predicted octanol–water partition coefficient (Wildman–Crippen LogP) is 4.72. The van der Waals surface area contributed by atoms with Gasteiger partial charge in [-0.25, -0.2) is 4.79 Å². The average molecular weight is 424 g/mol. The molecule has 1 atom stereocenters. The Balaban J connectivity index is 2.25. The first-order valence-electron chi connectivity index (χ1n) is 8.53. The molecule has 2 aromatic rings. The van der Waals surface area contributed by atoms with Crippen molar-refractivity contribution >= 4 is 45.6 Å². The fourth-order valence-corrected chi connectivity index (χ4v) is 3.93. The minimum Gasteiger partial charge on any atom is -0.481 e. The molecule has 28 heavy (non-hydrogen) atoms. The van der Waals surface area contributed by atoms with Gasteiger partial charge in [0.25, 0.3) is 5.91 Å². The molecular weight excluding hydrogens is 402 g/mol. The highest BCUT2D eigenvalue weighted by Crippen LogP contribution is 2.34. The lowest BCUT2D eigenvalue weighted by Gasteiger charge is -2.16. The Bertz CT molecular complexity index is 927.